The maximum atomic E-state index is 5.77. The van der Waals surface area contributed by atoms with E-state index in [2.05, 4.69) is 29.0 Å². The molecular formula is C19H20N2O2. The lowest BCUT2D eigenvalue weighted by molar-refractivity contribution is 0.101. The SMILES string of the molecule is CCc1ccc(-c2nc(COCc3ccccn3)c(C)o2)cc1. The molecule has 0 radical (unpaired) electrons. The zero-order chi connectivity index (χ0) is 16.1. The van der Waals surface area contributed by atoms with Crippen molar-refractivity contribution in [1.82, 2.24) is 9.97 Å². The number of nitrogens with zero attached hydrogens (tertiary/aromatic N) is 2. The number of pyridine rings is 1. The first-order valence-electron chi connectivity index (χ1n) is 7.79. The molecule has 0 saturated heterocycles. The minimum atomic E-state index is 0.416. The van der Waals surface area contributed by atoms with E-state index in [0.29, 0.717) is 19.1 Å². The highest BCUT2D eigenvalue weighted by Crippen LogP contribution is 2.23. The normalized spacial score (nSPS) is 10.9. The number of aryl methyl sites for hydroxylation is 2. The standard InChI is InChI=1S/C19H20N2O2/c1-3-15-7-9-16(10-8-15)19-21-18(14(2)23-19)13-22-12-17-6-4-5-11-20-17/h4-11H,3,12-13H2,1-2H3. The molecule has 0 bridgehead atoms. The summed E-state index contributed by atoms with van der Waals surface area (Å²) in [6, 6.07) is 14.1. The number of ether oxygens (including phenoxy) is 1. The van der Waals surface area contributed by atoms with Crippen molar-refractivity contribution in [3.63, 3.8) is 0 Å². The molecule has 0 amide bonds. The van der Waals surface area contributed by atoms with Gasteiger partial charge >= 0.3 is 0 Å². The highest BCUT2D eigenvalue weighted by atomic mass is 16.5. The molecule has 0 N–H and O–H groups in total. The molecule has 1 aromatic carbocycles. The Kier molecular flexibility index (Phi) is 4.83. The van der Waals surface area contributed by atoms with Gasteiger partial charge in [0, 0.05) is 11.8 Å². The first kappa shape index (κ1) is 15.4. The molecule has 0 aliphatic rings. The minimum absolute atomic E-state index is 0.416. The maximum Gasteiger partial charge on any atom is 0.226 e. The van der Waals surface area contributed by atoms with Crippen molar-refractivity contribution in [3.05, 3.63) is 71.4 Å². The molecule has 118 valence electrons. The molecule has 0 saturated carbocycles. The number of oxazole rings is 1. The van der Waals surface area contributed by atoms with Crippen LogP contribution in [0.1, 0.15) is 29.6 Å². The molecule has 0 unspecified atom stereocenters. The van der Waals surface area contributed by atoms with Crippen molar-refractivity contribution >= 4 is 0 Å². The Labute approximate surface area is 136 Å². The summed E-state index contributed by atoms with van der Waals surface area (Å²) < 4.78 is 11.5. The molecule has 2 heterocycles. The van der Waals surface area contributed by atoms with Gasteiger partial charge in [-0.3, -0.25) is 4.98 Å². The van der Waals surface area contributed by atoms with E-state index >= 15 is 0 Å². The van der Waals surface area contributed by atoms with Crippen LogP contribution in [0.4, 0.5) is 0 Å². The molecule has 0 aliphatic heterocycles. The third-order valence-corrected chi connectivity index (χ3v) is 3.72. The van der Waals surface area contributed by atoms with Gasteiger partial charge in [-0.2, -0.15) is 0 Å². The lowest BCUT2D eigenvalue weighted by Crippen LogP contribution is -1.97. The molecule has 23 heavy (non-hydrogen) atoms. The lowest BCUT2D eigenvalue weighted by Gasteiger charge is -2.01. The molecule has 3 aromatic rings. The van der Waals surface area contributed by atoms with Crippen LogP contribution in [0.25, 0.3) is 11.5 Å². The van der Waals surface area contributed by atoms with Gasteiger partial charge in [-0.15, -0.1) is 0 Å². The van der Waals surface area contributed by atoms with Gasteiger partial charge < -0.3 is 9.15 Å². The lowest BCUT2D eigenvalue weighted by atomic mass is 10.1. The summed E-state index contributed by atoms with van der Waals surface area (Å²) in [5.74, 6) is 1.43. The topological polar surface area (TPSA) is 48.2 Å². The number of benzene rings is 1. The molecule has 0 spiro atoms. The van der Waals surface area contributed by atoms with Crippen molar-refractivity contribution < 1.29 is 9.15 Å². The van der Waals surface area contributed by atoms with E-state index in [4.69, 9.17) is 9.15 Å². The predicted octanol–water partition coefficient (Wildman–Crippen LogP) is 4.32. The molecule has 3 rings (SSSR count). The molecule has 0 aliphatic carbocycles. The number of rotatable bonds is 6. The van der Waals surface area contributed by atoms with Gasteiger partial charge in [0.1, 0.15) is 11.5 Å². The van der Waals surface area contributed by atoms with Crippen LogP contribution in [-0.2, 0) is 24.4 Å². The van der Waals surface area contributed by atoms with Crippen LogP contribution in [0, 0.1) is 6.92 Å². The van der Waals surface area contributed by atoms with Crippen molar-refractivity contribution in [2.75, 3.05) is 0 Å². The highest BCUT2D eigenvalue weighted by Gasteiger charge is 2.11. The summed E-state index contributed by atoms with van der Waals surface area (Å²) in [5.41, 5.74) is 4.02. The van der Waals surface area contributed by atoms with E-state index in [1.54, 1.807) is 6.20 Å². The van der Waals surface area contributed by atoms with E-state index in [9.17, 15) is 0 Å². The van der Waals surface area contributed by atoms with Gasteiger partial charge in [0.05, 0.1) is 18.9 Å². The molecule has 4 nitrogen and oxygen atoms in total. The monoisotopic (exact) mass is 308 g/mol. The summed E-state index contributed by atoms with van der Waals surface area (Å²) >= 11 is 0. The summed E-state index contributed by atoms with van der Waals surface area (Å²) in [7, 11) is 0. The number of aromatic nitrogens is 2. The summed E-state index contributed by atoms with van der Waals surface area (Å²) in [6.07, 6.45) is 2.79. The van der Waals surface area contributed by atoms with Gasteiger partial charge in [0.2, 0.25) is 5.89 Å². The second-order valence-corrected chi connectivity index (χ2v) is 5.39. The van der Waals surface area contributed by atoms with Crippen LogP contribution in [0.3, 0.4) is 0 Å². The van der Waals surface area contributed by atoms with Crippen LogP contribution in [0.2, 0.25) is 0 Å². The molecule has 4 heteroatoms. The van der Waals surface area contributed by atoms with Gasteiger partial charge in [0.25, 0.3) is 0 Å². The zero-order valence-corrected chi connectivity index (χ0v) is 13.5. The Bertz CT molecular complexity index is 749. The van der Waals surface area contributed by atoms with Crippen LogP contribution in [0.5, 0.6) is 0 Å². The second-order valence-electron chi connectivity index (χ2n) is 5.39. The Balaban J connectivity index is 1.65. The summed E-state index contributed by atoms with van der Waals surface area (Å²) in [5, 5.41) is 0. The van der Waals surface area contributed by atoms with Gasteiger partial charge in [-0.1, -0.05) is 25.1 Å². The van der Waals surface area contributed by atoms with Crippen molar-refractivity contribution in [2.45, 2.75) is 33.5 Å². The Hall–Kier alpha value is -2.46. The second kappa shape index (κ2) is 7.20. The van der Waals surface area contributed by atoms with Crippen LogP contribution in [0.15, 0.2) is 53.1 Å². The van der Waals surface area contributed by atoms with Crippen LogP contribution in [-0.4, -0.2) is 9.97 Å². The zero-order valence-electron chi connectivity index (χ0n) is 13.5. The van der Waals surface area contributed by atoms with Gasteiger partial charge in [0.15, 0.2) is 0 Å². The van der Waals surface area contributed by atoms with Crippen molar-refractivity contribution in [1.29, 1.82) is 0 Å². The van der Waals surface area contributed by atoms with Gasteiger partial charge in [-0.05, 0) is 43.2 Å². The Morgan fingerprint density at radius 1 is 1.04 bits per heavy atom. The summed E-state index contributed by atoms with van der Waals surface area (Å²) in [6.45, 7) is 4.93. The fraction of sp³-hybridized carbons (Fsp3) is 0.263. The average molecular weight is 308 g/mol. The fourth-order valence-corrected chi connectivity index (χ4v) is 2.30. The van der Waals surface area contributed by atoms with E-state index in [-0.39, 0.29) is 0 Å². The van der Waals surface area contributed by atoms with E-state index in [1.807, 2.05) is 37.3 Å². The smallest absolute Gasteiger partial charge is 0.226 e. The Morgan fingerprint density at radius 2 is 1.87 bits per heavy atom. The third-order valence-electron chi connectivity index (χ3n) is 3.72. The largest absolute Gasteiger partial charge is 0.441 e. The van der Waals surface area contributed by atoms with E-state index in [1.165, 1.54) is 5.56 Å². The summed E-state index contributed by atoms with van der Waals surface area (Å²) in [4.78, 5) is 8.79. The first-order valence-corrected chi connectivity index (χ1v) is 7.79. The quantitative estimate of drug-likeness (QED) is 0.680. The number of hydrogen-bond donors (Lipinski definition) is 0. The van der Waals surface area contributed by atoms with Gasteiger partial charge in [-0.25, -0.2) is 4.98 Å². The van der Waals surface area contributed by atoms with Crippen LogP contribution >= 0.6 is 0 Å². The molecule has 2 aromatic heterocycles. The molecule has 0 fully saturated rings. The van der Waals surface area contributed by atoms with Crippen molar-refractivity contribution in [3.8, 4) is 11.5 Å². The molecule has 0 atom stereocenters. The van der Waals surface area contributed by atoms with E-state index < -0.39 is 0 Å². The fourth-order valence-electron chi connectivity index (χ4n) is 2.30. The van der Waals surface area contributed by atoms with Crippen molar-refractivity contribution in [2.24, 2.45) is 0 Å². The highest BCUT2D eigenvalue weighted by molar-refractivity contribution is 5.54. The molecular weight excluding hydrogens is 288 g/mol. The van der Waals surface area contributed by atoms with Crippen LogP contribution < -0.4 is 0 Å². The predicted molar refractivity (Wildman–Crippen MR) is 88.8 cm³/mol. The average Bonchev–Trinajstić information content (AvgIpc) is 2.97. The maximum absolute atomic E-state index is 5.77. The number of hydrogen-bond acceptors (Lipinski definition) is 4. The Morgan fingerprint density at radius 3 is 2.57 bits per heavy atom. The minimum Gasteiger partial charge on any atom is -0.441 e. The van der Waals surface area contributed by atoms with E-state index in [0.717, 1.165) is 29.1 Å². The first-order chi connectivity index (χ1) is 11.3. The third kappa shape index (κ3) is 3.85.